The van der Waals surface area contributed by atoms with Crippen LogP contribution in [0, 0.1) is 0 Å². The number of benzene rings is 2. The Morgan fingerprint density at radius 1 is 1.05 bits per heavy atom. The van der Waals surface area contributed by atoms with Crippen molar-refractivity contribution in [3.05, 3.63) is 58.1 Å². The molecule has 1 saturated carbocycles. The largest absolute Gasteiger partial charge is 0.492 e. The molecule has 0 unspecified atom stereocenters. The smallest absolute Gasteiger partial charge is 0.244 e. The van der Waals surface area contributed by atoms with E-state index < -0.39 is 28.5 Å². The van der Waals surface area contributed by atoms with Gasteiger partial charge < -0.3 is 15.0 Å². The van der Waals surface area contributed by atoms with Crippen LogP contribution in [0.25, 0.3) is 0 Å². The van der Waals surface area contributed by atoms with E-state index >= 15 is 0 Å². The number of carbonyl (C=O) groups excluding carboxylic acids is 2. The second-order valence-corrected chi connectivity index (χ2v) is 12.1. The maximum Gasteiger partial charge on any atom is 0.244 e. The lowest BCUT2D eigenvalue weighted by atomic mass is 9.95. The normalized spacial score (nSPS) is 15.0. The van der Waals surface area contributed by atoms with E-state index in [-0.39, 0.29) is 24.2 Å². The first-order valence-electron chi connectivity index (χ1n) is 12.7. The summed E-state index contributed by atoms with van der Waals surface area (Å²) >= 11 is 12.8. The molecule has 1 aliphatic carbocycles. The van der Waals surface area contributed by atoms with Crippen molar-refractivity contribution >= 4 is 50.7 Å². The molecule has 0 aliphatic heterocycles. The van der Waals surface area contributed by atoms with E-state index in [0.717, 1.165) is 42.7 Å². The molecule has 11 heteroatoms. The molecule has 2 aromatic rings. The SMILES string of the molecule is CCOc1ccccc1N(CC(=O)N(Cc1c(Cl)cccc1Cl)[C@@H](C)C(=O)NC1CCCCC1)S(C)(=O)=O. The van der Waals surface area contributed by atoms with Crippen molar-refractivity contribution in [1.29, 1.82) is 0 Å². The molecule has 0 spiro atoms. The molecule has 208 valence electrons. The number of ether oxygens (including phenoxy) is 1. The van der Waals surface area contributed by atoms with E-state index in [1.165, 1.54) is 4.90 Å². The van der Waals surface area contributed by atoms with Crippen molar-refractivity contribution in [1.82, 2.24) is 10.2 Å². The summed E-state index contributed by atoms with van der Waals surface area (Å²) in [5.74, 6) is -0.560. The number of carbonyl (C=O) groups is 2. The zero-order chi connectivity index (χ0) is 27.9. The molecule has 38 heavy (non-hydrogen) atoms. The Hall–Kier alpha value is -2.49. The maximum atomic E-state index is 13.8. The van der Waals surface area contributed by atoms with Gasteiger partial charge in [0.2, 0.25) is 21.8 Å². The number of para-hydroxylation sites is 2. The van der Waals surface area contributed by atoms with Gasteiger partial charge in [0.05, 0.1) is 18.6 Å². The number of rotatable bonds is 11. The quantitative estimate of drug-likeness (QED) is 0.400. The Morgan fingerprint density at radius 3 is 2.29 bits per heavy atom. The first-order valence-corrected chi connectivity index (χ1v) is 15.4. The fourth-order valence-electron chi connectivity index (χ4n) is 4.54. The molecular formula is C27H35Cl2N3O5S. The Balaban J connectivity index is 1.95. The van der Waals surface area contributed by atoms with Gasteiger partial charge in [-0.15, -0.1) is 0 Å². The van der Waals surface area contributed by atoms with Crippen LogP contribution in [-0.2, 0) is 26.2 Å². The number of hydrogen-bond donors (Lipinski definition) is 1. The van der Waals surface area contributed by atoms with Crippen molar-refractivity contribution in [2.24, 2.45) is 0 Å². The van der Waals surface area contributed by atoms with Crippen molar-refractivity contribution in [2.75, 3.05) is 23.7 Å². The topological polar surface area (TPSA) is 96.0 Å². The molecule has 2 aromatic carbocycles. The van der Waals surface area contributed by atoms with Crippen molar-refractivity contribution in [3.63, 3.8) is 0 Å². The molecule has 1 fully saturated rings. The van der Waals surface area contributed by atoms with Gasteiger partial charge in [0.25, 0.3) is 0 Å². The molecule has 0 saturated heterocycles. The number of nitrogens with zero attached hydrogens (tertiary/aromatic N) is 2. The minimum Gasteiger partial charge on any atom is -0.492 e. The zero-order valence-corrected chi connectivity index (χ0v) is 24.3. The lowest BCUT2D eigenvalue weighted by molar-refractivity contribution is -0.139. The molecular weight excluding hydrogens is 549 g/mol. The highest BCUT2D eigenvalue weighted by Crippen LogP contribution is 2.31. The van der Waals surface area contributed by atoms with Crippen LogP contribution in [0.2, 0.25) is 10.0 Å². The molecule has 3 rings (SSSR count). The van der Waals surface area contributed by atoms with Gasteiger partial charge >= 0.3 is 0 Å². The summed E-state index contributed by atoms with van der Waals surface area (Å²) in [6, 6.07) is 10.7. The van der Waals surface area contributed by atoms with Gasteiger partial charge in [0.15, 0.2) is 0 Å². The third-order valence-electron chi connectivity index (χ3n) is 6.62. The second-order valence-electron chi connectivity index (χ2n) is 9.41. The van der Waals surface area contributed by atoms with Crippen molar-refractivity contribution in [2.45, 2.75) is 64.6 Å². The van der Waals surface area contributed by atoms with E-state index in [9.17, 15) is 18.0 Å². The van der Waals surface area contributed by atoms with E-state index in [0.29, 0.717) is 28.0 Å². The number of hydrogen-bond acceptors (Lipinski definition) is 5. The van der Waals surface area contributed by atoms with Gasteiger partial charge in [-0.2, -0.15) is 0 Å². The molecule has 0 bridgehead atoms. The minimum absolute atomic E-state index is 0.0464. The van der Waals surface area contributed by atoms with Gasteiger partial charge in [0, 0.05) is 28.2 Å². The summed E-state index contributed by atoms with van der Waals surface area (Å²) in [7, 11) is -3.89. The van der Waals surface area contributed by atoms with Gasteiger partial charge in [0.1, 0.15) is 18.3 Å². The first-order chi connectivity index (χ1) is 18.0. The maximum absolute atomic E-state index is 13.8. The van der Waals surface area contributed by atoms with Gasteiger partial charge in [-0.1, -0.05) is 60.7 Å². The zero-order valence-electron chi connectivity index (χ0n) is 22.0. The van der Waals surface area contributed by atoms with Crippen LogP contribution in [0.15, 0.2) is 42.5 Å². The Morgan fingerprint density at radius 2 is 1.68 bits per heavy atom. The summed E-state index contributed by atoms with van der Waals surface area (Å²) in [6.07, 6.45) is 6.02. The Bertz CT molecular complexity index is 1210. The third kappa shape index (κ3) is 7.77. The average Bonchev–Trinajstić information content (AvgIpc) is 2.87. The van der Waals surface area contributed by atoms with Gasteiger partial charge in [-0.3, -0.25) is 13.9 Å². The molecule has 1 N–H and O–H groups in total. The predicted octanol–water partition coefficient (Wildman–Crippen LogP) is 5.02. The minimum atomic E-state index is -3.89. The van der Waals surface area contributed by atoms with Gasteiger partial charge in [-0.05, 0) is 51.0 Å². The highest BCUT2D eigenvalue weighted by molar-refractivity contribution is 7.92. The van der Waals surface area contributed by atoms with Crippen molar-refractivity contribution < 1.29 is 22.7 Å². The van der Waals surface area contributed by atoms with Gasteiger partial charge in [-0.25, -0.2) is 8.42 Å². The van der Waals surface area contributed by atoms with E-state index in [4.69, 9.17) is 27.9 Å². The van der Waals surface area contributed by atoms with Crippen LogP contribution in [-0.4, -0.2) is 56.6 Å². The number of anilines is 1. The Kier molecular flexibility index (Phi) is 10.7. The number of nitrogens with one attached hydrogen (secondary N) is 1. The molecule has 0 radical (unpaired) electrons. The monoisotopic (exact) mass is 583 g/mol. The molecule has 0 heterocycles. The van der Waals surface area contributed by atoms with E-state index in [1.807, 2.05) is 0 Å². The molecule has 1 atom stereocenters. The predicted molar refractivity (Wildman–Crippen MR) is 151 cm³/mol. The van der Waals surface area contributed by atoms with Crippen molar-refractivity contribution in [3.8, 4) is 5.75 Å². The molecule has 0 aromatic heterocycles. The second kappa shape index (κ2) is 13.5. The van der Waals surface area contributed by atoms with Crippen LogP contribution < -0.4 is 14.4 Å². The van der Waals surface area contributed by atoms with E-state index in [1.54, 1.807) is 56.3 Å². The lowest BCUT2D eigenvalue weighted by Crippen LogP contribution is -2.53. The molecule has 2 amide bonds. The highest BCUT2D eigenvalue weighted by Gasteiger charge is 2.32. The van der Waals surface area contributed by atoms with Crippen LogP contribution in [0.5, 0.6) is 5.75 Å². The van der Waals surface area contributed by atoms with E-state index in [2.05, 4.69) is 5.32 Å². The number of sulfonamides is 1. The molecule has 1 aliphatic rings. The fourth-order valence-corrected chi connectivity index (χ4v) is 5.91. The lowest BCUT2D eigenvalue weighted by Gasteiger charge is -2.33. The summed E-state index contributed by atoms with van der Waals surface area (Å²) in [5.41, 5.74) is 0.711. The van der Waals surface area contributed by atoms with Crippen LogP contribution in [0.4, 0.5) is 5.69 Å². The first kappa shape index (κ1) is 30.1. The standard InChI is InChI=1S/C27H35Cl2N3O5S/c1-4-37-25-16-9-8-15-24(25)32(38(3,35)36)18-26(33)31(17-21-22(28)13-10-14-23(21)29)19(2)27(34)30-20-11-6-5-7-12-20/h8-10,13-16,19-20H,4-7,11-12,17-18H2,1-3H3,(H,30,34)/t19-/m0/s1. The average molecular weight is 585 g/mol. The molecule has 8 nitrogen and oxygen atoms in total. The highest BCUT2D eigenvalue weighted by atomic mass is 35.5. The fraction of sp³-hybridized carbons (Fsp3) is 0.481. The number of amides is 2. The summed E-state index contributed by atoms with van der Waals surface area (Å²) in [6.45, 7) is 3.12. The third-order valence-corrected chi connectivity index (χ3v) is 8.46. The summed E-state index contributed by atoms with van der Waals surface area (Å²) < 4.78 is 32.3. The summed E-state index contributed by atoms with van der Waals surface area (Å²) in [4.78, 5) is 28.4. The summed E-state index contributed by atoms with van der Waals surface area (Å²) in [5, 5.41) is 3.75. The van der Waals surface area contributed by atoms with Crippen LogP contribution in [0.1, 0.15) is 51.5 Å². The van der Waals surface area contributed by atoms with Crippen LogP contribution in [0.3, 0.4) is 0 Å². The Labute approximate surface area is 235 Å². The van der Waals surface area contributed by atoms with Crippen LogP contribution >= 0.6 is 23.2 Å². The number of halogens is 2.